The van der Waals surface area contributed by atoms with E-state index in [9.17, 15) is 4.79 Å². The van der Waals surface area contributed by atoms with Crippen LogP contribution in [-0.4, -0.2) is 74.2 Å². The molecule has 1 aromatic rings. The second kappa shape index (κ2) is 14.4. The van der Waals surface area contributed by atoms with Crippen molar-refractivity contribution in [2.75, 3.05) is 57.8 Å². The molecule has 1 atom stereocenters. The summed E-state index contributed by atoms with van der Waals surface area (Å²) >= 11 is 0. The molecule has 0 radical (unpaired) electrons. The van der Waals surface area contributed by atoms with Gasteiger partial charge in [-0.25, -0.2) is 0 Å². The molecule has 0 bridgehead atoms. The zero-order valence-corrected chi connectivity index (χ0v) is 18.8. The summed E-state index contributed by atoms with van der Waals surface area (Å²) < 4.78 is 5.38. The largest absolute Gasteiger partial charge is 0.378 e. The third kappa shape index (κ3) is 8.82. The van der Waals surface area contributed by atoms with Crippen molar-refractivity contribution < 1.29 is 9.53 Å². The molecule has 2 aliphatic heterocycles. The fourth-order valence-electron chi connectivity index (χ4n) is 3.40. The summed E-state index contributed by atoms with van der Waals surface area (Å²) in [4.78, 5) is 17.1. The number of nitrogens with zero attached hydrogens (tertiary/aromatic N) is 2. The van der Waals surface area contributed by atoms with Gasteiger partial charge >= 0.3 is 0 Å². The van der Waals surface area contributed by atoms with Gasteiger partial charge in [-0.2, -0.15) is 0 Å². The summed E-state index contributed by atoms with van der Waals surface area (Å²) in [5, 5.41) is 6.28. The van der Waals surface area contributed by atoms with Crippen molar-refractivity contribution in [3.05, 3.63) is 29.8 Å². The lowest BCUT2D eigenvalue weighted by atomic mass is 10.1. The van der Waals surface area contributed by atoms with Gasteiger partial charge in [0.1, 0.15) is 0 Å². The van der Waals surface area contributed by atoms with Gasteiger partial charge in [0.15, 0.2) is 0 Å². The first-order valence-corrected chi connectivity index (χ1v) is 9.37. The molecule has 1 amide bonds. The average molecular weight is 456 g/mol. The van der Waals surface area contributed by atoms with E-state index in [1.54, 1.807) is 0 Å². The lowest BCUT2D eigenvalue weighted by molar-refractivity contribution is -0.117. The highest BCUT2D eigenvalue weighted by atomic mass is 35.5. The molecule has 28 heavy (non-hydrogen) atoms. The highest BCUT2D eigenvalue weighted by Crippen LogP contribution is 2.13. The van der Waals surface area contributed by atoms with Crippen molar-refractivity contribution >= 4 is 48.8 Å². The van der Waals surface area contributed by atoms with Crippen LogP contribution in [0.2, 0.25) is 0 Å². The van der Waals surface area contributed by atoms with Crippen LogP contribution in [-0.2, 0) is 16.1 Å². The van der Waals surface area contributed by atoms with Crippen LogP contribution in [0.3, 0.4) is 0 Å². The molecule has 0 saturated carbocycles. The first-order valence-electron chi connectivity index (χ1n) is 9.37. The third-order valence-electron chi connectivity index (χ3n) is 4.99. The molecule has 1 aromatic carbocycles. The van der Waals surface area contributed by atoms with E-state index in [2.05, 4.69) is 39.5 Å². The number of rotatable bonds is 6. The Morgan fingerprint density at radius 2 is 1.75 bits per heavy atom. The highest BCUT2D eigenvalue weighted by molar-refractivity contribution is 5.91. The number of likely N-dealkylation sites (N-methyl/N-ethyl adjacent to an activating group) is 1. The van der Waals surface area contributed by atoms with E-state index in [-0.39, 0.29) is 49.2 Å². The van der Waals surface area contributed by atoms with Crippen LogP contribution in [0.5, 0.6) is 0 Å². The highest BCUT2D eigenvalue weighted by Gasteiger charge is 2.17. The van der Waals surface area contributed by atoms with Crippen LogP contribution in [0.4, 0.5) is 5.69 Å². The predicted octanol–water partition coefficient (Wildman–Crippen LogP) is 2.41. The van der Waals surface area contributed by atoms with Crippen LogP contribution in [0.1, 0.15) is 18.9 Å². The van der Waals surface area contributed by atoms with Crippen LogP contribution >= 0.6 is 37.2 Å². The van der Waals surface area contributed by atoms with Gasteiger partial charge in [0.2, 0.25) is 5.91 Å². The molecule has 162 valence electrons. The van der Waals surface area contributed by atoms with E-state index in [0.717, 1.165) is 58.1 Å². The normalized spacial score (nSPS) is 20.2. The molecule has 0 aromatic heterocycles. The molecule has 9 heteroatoms. The smallest absolute Gasteiger partial charge is 0.226 e. The van der Waals surface area contributed by atoms with Gasteiger partial charge in [0, 0.05) is 57.4 Å². The second-order valence-corrected chi connectivity index (χ2v) is 6.89. The van der Waals surface area contributed by atoms with E-state index < -0.39 is 0 Å². The van der Waals surface area contributed by atoms with E-state index in [1.165, 1.54) is 5.56 Å². The minimum Gasteiger partial charge on any atom is -0.378 e. The lowest BCUT2D eigenvalue weighted by Gasteiger charge is -2.34. The minimum absolute atomic E-state index is 0. The summed E-state index contributed by atoms with van der Waals surface area (Å²) in [5.74, 6) is 0.0337. The Balaban J connectivity index is 0.00000243. The molecule has 3 rings (SSSR count). The van der Waals surface area contributed by atoms with Crippen molar-refractivity contribution in [3.8, 4) is 0 Å². The number of amides is 1. The number of benzene rings is 1. The number of halogens is 3. The number of nitrogens with one attached hydrogen (secondary N) is 2. The van der Waals surface area contributed by atoms with Crippen molar-refractivity contribution in [3.63, 3.8) is 0 Å². The standard InChI is InChI=1S/C19H30N4O2.3ClH/c1-2-22-8-10-23(11-9-22)14-16-3-5-17(6-4-16)21-19(24)13-18-15-25-12-7-20-18;;;/h3-6,18,20H,2,7-15H2,1H3,(H,21,24);3*1H. The number of carbonyl (C=O) groups is 1. The van der Waals surface area contributed by atoms with Gasteiger partial charge in [-0.3, -0.25) is 9.69 Å². The van der Waals surface area contributed by atoms with Gasteiger partial charge in [0.05, 0.1) is 13.2 Å². The number of hydrogen-bond donors (Lipinski definition) is 2. The fourth-order valence-corrected chi connectivity index (χ4v) is 3.40. The molecule has 2 aliphatic rings. The first-order chi connectivity index (χ1) is 12.2. The molecule has 0 spiro atoms. The molecule has 1 unspecified atom stereocenters. The number of ether oxygens (including phenoxy) is 1. The van der Waals surface area contributed by atoms with Crippen molar-refractivity contribution in [2.45, 2.75) is 25.9 Å². The van der Waals surface area contributed by atoms with Crippen LogP contribution in [0, 0.1) is 0 Å². The van der Waals surface area contributed by atoms with E-state index in [0.29, 0.717) is 13.0 Å². The maximum Gasteiger partial charge on any atom is 0.226 e. The van der Waals surface area contributed by atoms with Crippen LogP contribution < -0.4 is 10.6 Å². The molecular formula is C19H33Cl3N4O2. The summed E-state index contributed by atoms with van der Waals surface area (Å²) in [5.41, 5.74) is 2.16. The zero-order valence-electron chi connectivity index (χ0n) is 16.4. The van der Waals surface area contributed by atoms with Crippen molar-refractivity contribution in [1.29, 1.82) is 0 Å². The Labute approximate surface area is 187 Å². The van der Waals surface area contributed by atoms with Crippen molar-refractivity contribution in [2.24, 2.45) is 0 Å². The topological polar surface area (TPSA) is 56.8 Å². The molecule has 2 N–H and O–H groups in total. The average Bonchev–Trinajstić information content (AvgIpc) is 2.65. The summed E-state index contributed by atoms with van der Waals surface area (Å²) in [6, 6.07) is 8.35. The molecule has 0 aliphatic carbocycles. The molecule has 2 heterocycles. The monoisotopic (exact) mass is 454 g/mol. The number of morpholine rings is 1. The Morgan fingerprint density at radius 1 is 1.11 bits per heavy atom. The third-order valence-corrected chi connectivity index (χ3v) is 4.99. The van der Waals surface area contributed by atoms with E-state index in [1.807, 2.05) is 12.1 Å². The van der Waals surface area contributed by atoms with Gasteiger partial charge in [-0.05, 0) is 24.2 Å². The predicted molar refractivity (Wildman–Crippen MR) is 121 cm³/mol. The minimum atomic E-state index is 0. The van der Waals surface area contributed by atoms with Gasteiger partial charge < -0.3 is 20.3 Å². The Kier molecular flexibility index (Phi) is 14.1. The quantitative estimate of drug-likeness (QED) is 0.690. The fraction of sp³-hybridized carbons (Fsp3) is 0.632. The van der Waals surface area contributed by atoms with E-state index >= 15 is 0 Å². The Bertz CT molecular complexity index is 549. The van der Waals surface area contributed by atoms with Crippen LogP contribution in [0.15, 0.2) is 24.3 Å². The second-order valence-electron chi connectivity index (χ2n) is 6.89. The first kappa shape index (κ1) is 27.4. The SMILES string of the molecule is CCN1CCN(Cc2ccc(NC(=O)CC3COCCN3)cc2)CC1.Cl.Cl.Cl. The van der Waals surface area contributed by atoms with Gasteiger partial charge in [-0.1, -0.05) is 19.1 Å². The maximum atomic E-state index is 12.1. The summed E-state index contributed by atoms with van der Waals surface area (Å²) in [7, 11) is 0. The van der Waals surface area contributed by atoms with Crippen molar-refractivity contribution in [1.82, 2.24) is 15.1 Å². The van der Waals surface area contributed by atoms with Crippen LogP contribution in [0.25, 0.3) is 0 Å². The number of anilines is 1. The maximum absolute atomic E-state index is 12.1. The summed E-state index contributed by atoms with van der Waals surface area (Å²) in [6.45, 7) is 11.1. The molecule has 2 saturated heterocycles. The molecular weight excluding hydrogens is 423 g/mol. The Hall–Kier alpha value is -0.600. The molecule has 2 fully saturated rings. The Morgan fingerprint density at radius 3 is 2.32 bits per heavy atom. The number of carbonyl (C=O) groups excluding carboxylic acids is 1. The number of hydrogen-bond acceptors (Lipinski definition) is 5. The van der Waals surface area contributed by atoms with Gasteiger partial charge in [-0.15, -0.1) is 37.2 Å². The molecule has 6 nitrogen and oxygen atoms in total. The lowest BCUT2D eigenvalue weighted by Crippen LogP contribution is -2.45. The summed E-state index contributed by atoms with van der Waals surface area (Å²) in [6.07, 6.45) is 0.448. The van der Waals surface area contributed by atoms with E-state index in [4.69, 9.17) is 4.74 Å². The van der Waals surface area contributed by atoms with Gasteiger partial charge in [0.25, 0.3) is 0 Å². The number of piperazine rings is 1. The zero-order chi connectivity index (χ0) is 17.5.